The first-order valence-corrected chi connectivity index (χ1v) is 5.67. The lowest BCUT2D eigenvalue weighted by molar-refractivity contribution is -0.146. The lowest BCUT2D eigenvalue weighted by Crippen LogP contribution is -2.52. The van der Waals surface area contributed by atoms with Crippen molar-refractivity contribution in [1.82, 2.24) is 0 Å². The van der Waals surface area contributed by atoms with Gasteiger partial charge in [0.05, 0.1) is 5.69 Å². The van der Waals surface area contributed by atoms with Gasteiger partial charge in [-0.1, -0.05) is 6.07 Å². The summed E-state index contributed by atoms with van der Waals surface area (Å²) < 4.78 is 19.0. The molecule has 2 atom stereocenters. The molecule has 0 spiro atoms. The molecule has 3 rings (SSSR count). The normalized spacial score (nSPS) is 26.8. The van der Waals surface area contributed by atoms with Crippen LogP contribution in [0.2, 0.25) is 0 Å². The van der Waals surface area contributed by atoms with Crippen LogP contribution in [0.1, 0.15) is 12.8 Å². The van der Waals surface area contributed by atoms with Crippen molar-refractivity contribution in [2.45, 2.75) is 25.0 Å². The Morgan fingerprint density at radius 3 is 2.39 bits per heavy atom. The average molecular weight is 250 g/mol. The topological polar surface area (TPSA) is 72.6 Å². The molecular formula is C12H11FN2O3. The number of nitrogens with two attached hydrogens (primary N) is 1. The quantitative estimate of drug-likeness (QED) is 0.592. The number of amides is 2. The molecule has 94 valence electrons. The third-order valence-electron chi connectivity index (χ3n) is 3.25. The lowest BCUT2D eigenvalue weighted by Gasteiger charge is -2.30. The Bertz CT molecular complexity index is 504. The summed E-state index contributed by atoms with van der Waals surface area (Å²) >= 11 is 0. The number of carbonyl (C=O) groups excluding carboxylic acids is 2. The zero-order chi connectivity index (χ0) is 12.9. The Labute approximate surface area is 102 Å². The summed E-state index contributed by atoms with van der Waals surface area (Å²) in [5.74, 6) is -1.76. The summed E-state index contributed by atoms with van der Waals surface area (Å²) in [4.78, 5) is 24.9. The van der Waals surface area contributed by atoms with Crippen LogP contribution >= 0.6 is 0 Å². The van der Waals surface area contributed by atoms with Crippen molar-refractivity contribution in [3.8, 4) is 0 Å². The molecule has 2 heterocycles. The van der Waals surface area contributed by atoms with Gasteiger partial charge in [-0.25, -0.2) is 9.29 Å². The van der Waals surface area contributed by atoms with Crippen molar-refractivity contribution >= 4 is 23.2 Å². The fourth-order valence-electron chi connectivity index (χ4n) is 2.39. The fourth-order valence-corrected chi connectivity index (χ4v) is 2.39. The second-order valence-corrected chi connectivity index (χ2v) is 4.38. The van der Waals surface area contributed by atoms with Gasteiger partial charge in [-0.05, 0) is 25.0 Å². The number of nitrogens with zero attached hydrogens (tertiary/aromatic N) is 1. The minimum Gasteiger partial charge on any atom is -0.397 e. The van der Waals surface area contributed by atoms with Gasteiger partial charge in [0.1, 0.15) is 23.7 Å². The second kappa shape index (κ2) is 3.78. The van der Waals surface area contributed by atoms with Crippen LogP contribution < -0.4 is 10.6 Å². The highest BCUT2D eigenvalue weighted by Crippen LogP contribution is 2.35. The van der Waals surface area contributed by atoms with Crippen LogP contribution in [0.5, 0.6) is 0 Å². The van der Waals surface area contributed by atoms with Gasteiger partial charge >= 0.3 is 0 Å². The Hall–Kier alpha value is -1.95. The lowest BCUT2D eigenvalue weighted by atomic mass is 10.2. The maximum Gasteiger partial charge on any atom is 0.263 e. The molecule has 0 saturated carbocycles. The summed E-state index contributed by atoms with van der Waals surface area (Å²) in [6.07, 6.45) is -0.348. The Balaban J connectivity index is 2.11. The fraction of sp³-hybridized carbons (Fsp3) is 0.333. The van der Waals surface area contributed by atoms with E-state index in [1.807, 2.05) is 0 Å². The highest BCUT2D eigenvalue weighted by atomic mass is 19.1. The van der Waals surface area contributed by atoms with E-state index in [0.717, 1.165) is 4.90 Å². The molecule has 2 saturated heterocycles. The van der Waals surface area contributed by atoms with Gasteiger partial charge in [0.25, 0.3) is 11.8 Å². The molecule has 2 bridgehead atoms. The van der Waals surface area contributed by atoms with Gasteiger partial charge < -0.3 is 10.5 Å². The van der Waals surface area contributed by atoms with Crippen LogP contribution in [0.4, 0.5) is 15.8 Å². The molecule has 0 aliphatic carbocycles. The van der Waals surface area contributed by atoms with Crippen LogP contribution in [0, 0.1) is 5.82 Å². The number of nitrogen functional groups attached to an aromatic ring is 1. The van der Waals surface area contributed by atoms with E-state index in [1.54, 1.807) is 0 Å². The Morgan fingerprint density at radius 2 is 1.83 bits per heavy atom. The highest BCUT2D eigenvalue weighted by Gasteiger charge is 2.48. The number of anilines is 2. The number of benzene rings is 1. The molecule has 2 aliphatic heterocycles. The number of halogens is 1. The predicted octanol–water partition coefficient (Wildman–Crippen LogP) is 0.829. The molecule has 2 N–H and O–H groups in total. The van der Waals surface area contributed by atoms with Crippen LogP contribution in [-0.2, 0) is 14.3 Å². The molecule has 18 heavy (non-hydrogen) atoms. The molecule has 1 aromatic carbocycles. The van der Waals surface area contributed by atoms with Crippen LogP contribution in [0.25, 0.3) is 0 Å². The number of morpholine rings is 1. The van der Waals surface area contributed by atoms with Crippen LogP contribution in [0.15, 0.2) is 18.2 Å². The SMILES string of the molecule is Nc1cccc(F)c1N1C(=O)C2CCC(O2)C1=O. The molecule has 2 amide bonds. The van der Waals surface area contributed by atoms with Crippen molar-refractivity contribution in [2.75, 3.05) is 10.6 Å². The van der Waals surface area contributed by atoms with E-state index in [9.17, 15) is 14.0 Å². The maximum atomic E-state index is 13.8. The number of fused-ring (bicyclic) bond motifs is 2. The number of para-hydroxylation sites is 1. The van der Waals surface area contributed by atoms with Gasteiger partial charge in [-0.15, -0.1) is 0 Å². The van der Waals surface area contributed by atoms with Gasteiger partial charge in [-0.2, -0.15) is 0 Å². The number of rotatable bonds is 1. The van der Waals surface area contributed by atoms with Crippen LogP contribution in [0.3, 0.4) is 0 Å². The van der Waals surface area contributed by atoms with E-state index >= 15 is 0 Å². The van der Waals surface area contributed by atoms with Crippen molar-refractivity contribution in [3.05, 3.63) is 24.0 Å². The molecule has 2 aliphatic rings. The standard InChI is InChI=1S/C12H11FN2O3/c13-6-2-1-3-7(14)10(6)15-11(16)8-4-5-9(18-8)12(15)17/h1-3,8-9H,4-5,14H2. The van der Waals surface area contributed by atoms with E-state index in [-0.39, 0.29) is 11.4 Å². The summed E-state index contributed by atoms with van der Waals surface area (Å²) in [5.41, 5.74) is 5.57. The monoisotopic (exact) mass is 250 g/mol. The number of imide groups is 1. The molecule has 6 heteroatoms. The first-order chi connectivity index (χ1) is 8.59. The third-order valence-corrected chi connectivity index (χ3v) is 3.25. The molecule has 0 radical (unpaired) electrons. The van der Waals surface area contributed by atoms with Gasteiger partial charge in [0, 0.05) is 0 Å². The predicted molar refractivity (Wildman–Crippen MR) is 61.2 cm³/mol. The number of hydrogen-bond acceptors (Lipinski definition) is 4. The summed E-state index contributed by atoms with van der Waals surface area (Å²) in [6, 6.07) is 4.05. The van der Waals surface area contributed by atoms with Gasteiger partial charge in [0.2, 0.25) is 0 Å². The van der Waals surface area contributed by atoms with Crippen molar-refractivity contribution in [3.63, 3.8) is 0 Å². The van der Waals surface area contributed by atoms with E-state index in [2.05, 4.69) is 0 Å². The first kappa shape index (κ1) is 11.2. The molecule has 2 fully saturated rings. The number of ether oxygens (including phenoxy) is 1. The van der Waals surface area contributed by atoms with Crippen molar-refractivity contribution < 1.29 is 18.7 Å². The largest absolute Gasteiger partial charge is 0.397 e. The summed E-state index contributed by atoms with van der Waals surface area (Å²) in [7, 11) is 0. The minimum atomic E-state index is -0.682. The van der Waals surface area contributed by atoms with E-state index < -0.39 is 29.8 Å². The summed E-state index contributed by atoms with van der Waals surface area (Å²) in [6.45, 7) is 0. The number of hydrogen-bond donors (Lipinski definition) is 1. The van der Waals surface area contributed by atoms with Gasteiger partial charge in [-0.3, -0.25) is 9.59 Å². The Morgan fingerprint density at radius 1 is 1.22 bits per heavy atom. The zero-order valence-corrected chi connectivity index (χ0v) is 9.43. The molecular weight excluding hydrogens is 239 g/mol. The van der Waals surface area contributed by atoms with E-state index in [1.165, 1.54) is 18.2 Å². The first-order valence-electron chi connectivity index (χ1n) is 5.67. The zero-order valence-electron chi connectivity index (χ0n) is 9.43. The maximum absolute atomic E-state index is 13.8. The Kier molecular flexibility index (Phi) is 2.34. The molecule has 1 aromatic rings. The van der Waals surface area contributed by atoms with Crippen molar-refractivity contribution in [1.29, 1.82) is 0 Å². The highest BCUT2D eigenvalue weighted by molar-refractivity contribution is 6.21. The number of carbonyl (C=O) groups is 2. The molecule has 2 unspecified atom stereocenters. The van der Waals surface area contributed by atoms with E-state index in [4.69, 9.17) is 10.5 Å². The molecule has 0 aromatic heterocycles. The smallest absolute Gasteiger partial charge is 0.263 e. The average Bonchev–Trinajstić information content (AvgIpc) is 2.77. The minimum absolute atomic E-state index is 0.0676. The van der Waals surface area contributed by atoms with Crippen molar-refractivity contribution in [2.24, 2.45) is 0 Å². The summed E-state index contributed by atoms with van der Waals surface area (Å²) in [5, 5.41) is 0. The third kappa shape index (κ3) is 1.42. The van der Waals surface area contributed by atoms with E-state index in [0.29, 0.717) is 12.8 Å². The molecule has 5 nitrogen and oxygen atoms in total. The van der Waals surface area contributed by atoms with Gasteiger partial charge in [0.15, 0.2) is 0 Å². The van der Waals surface area contributed by atoms with Crippen LogP contribution in [-0.4, -0.2) is 24.0 Å². The second-order valence-electron chi connectivity index (χ2n) is 4.38.